The van der Waals surface area contributed by atoms with Gasteiger partial charge < -0.3 is 9.47 Å². The zero-order valence-corrected chi connectivity index (χ0v) is 25.4. The van der Waals surface area contributed by atoms with Crippen molar-refractivity contribution >= 4 is 5.97 Å². The molecule has 0 N–H and O–H groups in total. The van der Waals surface area contributed by atoms with Crippen molar-refractivity contribution in [3.63, 3.8) is 0 Å². The molecule has 2 aromatic carbocycles. The molecule has 0 radical (unpaired) electrons. The fourth-order valence-corrected chi connectivity index (χ4v) is 5.91. The Bertz CT molecular complexity index is 1080. The van der Waals surface area contributed by atoms with Crippen molar-refractivity contribution < 1.29 is 14.3 Å². The van der Waals surface area contributed by atoms with Crippen molar-refractivity contribution in [2.75, 3.05) is 6.61 Å². The van der Waals surface area contributed by atoms with E-state index in [0.717, 1.165) is 48.8 Å². The Hall–Kier alpha value is -3.06. The third kappa shape index (κ3) is 12.1. The van der Waals surface area contributed by atoms with Crippen LogP contribution >= 0.6 is 0 Å². The Kier molecular flexibility index (Phi) is 15.1. The molecule has 1 aliphatic carbocycles. The van der Waals surface area contributed by atoms with E-state index >= 15 is 0 Å². The summed E-state index contributed by atoms with van der Waals surface area (Å²) >= 11 is 0. The molecule has 1 aliphatic rings. The van der Waals surface area contributed by atoms with Crippen LogP contribution in [0.4, 0.5) is 0 Å². The number of allylic oxidation sites excluding steroid dienone is 1. The number of esters is 1. The second-order valence-electron chi connectivity index (χ2n) is 11.8. The van der Waals surface area contributed by atoms with Crippen molar-refractivity contribution in [3.8, 4) is 17.6 Å². The van der Waals surface area contributed by atoms with Gasteiger partial charge in [-0.15, -0.1) is 6.58 Å². The maximum absolute atomic E-state index is 12.8. The van der Waals surface area contributed by atoms with Crippen LogP contribution < -0.4 is 9.47 Å². The fraction of sp³-hybridized carbons (Fsp3) is 0.568. The van der Waals surface area contributed by atoms with Crippen LogP contribution in [0.3, 0.4) is 0 Å². The standard InChI is InChI=1S/C37H51NO3/c1-3-5-7-8-9-10-11-13-27-40-35-24-22-33(23-25-35)37(39)41-36-26-21-32(28-34(36)29-38)20-19-31-17-15-30(16-18-31)14-12-6-4-2/h3,21-26,28,30-31H,1,4-20,27H2,2H3/t30-,31-. The van der Waals surface area contributed by atoms with E-state index in [4.69, 9.17) is 9.47 Å². The first kappa shape index (κ1) is 32.5. The predicted molar refractivity (Wildman–Crippen MR) is 168 cm³/mol. The Labute approximate surface area is 249 Å². The number of rotatable bonds is 19. The summed E-state index contributed by atoms with van der Waals surface area (Å²) in [6, 6.07) is 14.9. The van der Waals surface area contributed by atoms with Gasteiger partial charge in [-0.3, -0.25) is 0 Å². The van der Waals surface area contributed by atoms with Crippen molar-refractivity contribution in [1.29, 1.82) is 5.26 Å². The fourth-order valence-electron chi connectivity index (χ4n) is 5.91. The van der Waals surface area contributed by atoms with Gasteiger partial charge in [0.05, 0.1) is 17.7 Å². The average Bonchev–Trinajstić information content (AvgIpc) is 3.00. The van der Waals surface area contributed by atoms with Gasteiger partial charge in [0, 0.05) is 0 Å². The molecular formula is C37H51NO3. The van der Waals surface area contributed by atoms with Gasteiger partial charge in [-0.2, -0.15) is 5.26 Å². The van der Waals surface area contributed by atoms with Gasteiger partial charge in [0.1, 0.15) is 17.6 Å². The third-order valence-corrected chi connectivity index (χ3v) is 8.55. The molecule has 41 heavy (non-hydrogen) atoms. The maximum atomic E-state index is 12.8. The molecule has 0 aromatic heterocycles. The van der Waals surface area contributed by atoms with Crippen LogP contribution in [0, 0.1) is 23.2 Å². The lowest BCUT2D eigenvalue weighted by atomic mass is 9.78. The Morgan fingerprint density at radius 3 is 2.27 bits per heavy atom. The monoisotopic (exact) mass is 557 g/mol. The molecule has 0 aliphatic heterocycles. The summed E-state index contributed by atoms with van der Waals surface area (Å²) in [5.41, 5.74) is 1.99. The lowest BCUT2D eigenvalue weighted by molar-refractivity contribution is 0.0734. The zero-order valence-electron chi connectivity index (χ0n) is 25.4. The normalized spacial score (nSPS) is 16.6. The number of hydrogen-bond acceptors (Lipinski definition) is 4. The van der Waals surface area contributed by atoms with Crippen LogP contribution in [-0.2, 0) is 6.42 Å². The molecule has 1 fully saturated rings. The van der Waals surface area contributed by atoms with E-state index in [-0.39, 0.29) is 0 Å². The van der Waals surface area contributed by atoms with E-state index in [0.29, 0.717) is 23.5 Å². The molecule has 0 atom stereocenters. The summed E-state index contributed by atoms with van der Waals surface area (Å²) in [4.78, 5) is 12.8. The minimum absolute atomic E-state index is 0.318. The largest absolute Gasteiger partial charge is 0.494 e. The van der Waals surface area contributed by atoms with E-state index < -0.39 is 5.97 Å². The molecule has 0 unspecified atom stereocenters. The summed E-state index contributed by atoms with van der Waals surface area (Å²) in [5.74, 6) is 2.31. The van der Waals surface area contributed by atoms with Crippen LogP contribution in [0.5, 0.6) is 11.5 Å². The number of carbonyl (C=O) groups excluding carboxylic acids is 1. The van der Waals surface area contributed by atoms with Gasteiger partial charge in [0.15, 0.2) is 0 Å². The van der Waals surface area contributed by atoms with E-state index in [1.807, 2.05) is 18.2 Å². The highest BCUT2D eigenvalue weighted by Gasteiger charge is 2.21. The van der Waals surface area contributed by atoms with Crippen LogP contribution in [0.15, 0.2) is 55.1 Å². The molecule has 3 rings (SSSR count). The topological polar surface area (TPSA) is 59.3 Å². The second kappa shape index (κ2) is 19.1. The molecule has 4 nitrogen and oxygen atoms in total. The quantitative estimate of drug-likeness (QED) is 0.0746. The highest BCUT2D eigenvalue weighted by Crippen LogP contribution is 2.34. The van der Waals surface area contributed by atoms with Crippen molar-refractivity contribution in [2.24, 2.45) is 11.8 Å². The molecule has 1 saturated carbocycles. The smallest absolute Gasteiger partial charge is 0.343 e. The second-order valence-corrected chi connectivity index (χ2v) is 11.8. The van der Waals surface area contributed by atoms with Gasteiger partial charge in [-0.25, -0.2) is 4.79 Å². The lowest BCUT2D eigenvalue weighted by Crippen LogP contribution is -2.15. The summed E-state index contributed by atoms with van der Waals surface area (Å²) < 4.78 is 11.5. The van der Waals surface area contributed by atoms with Gasteiger partial charge in [-0.05, 0) is 85.9 Å². The van der Waals surface area contributed by atoms with Crippen LogP contribution in [0.2, 0.25) is 0 Å². The number of aryl methyl sites for hydroxylation is 1. The molecular weight excluding hydrogens is 506 g/mol. The van der Waals surface area contributed by atoms with E-state index in [2.05, 4.69) is 19.6 Å². The minimum atomic E-state index is -0.465. The van der Waals surface area contributed by atoms with Gasteiger partial charge in [0.25, 0.3) is 0 Å². The Balaban J connectivity index is 1.38. The molecule has 0 spiro atoms. The molecule has 0 amide bonds. The SMILES string of the molecule is C=CCCCCCCCCOc1ccc(C(=O)Oc2ccc(CC[C@H]3CC[C@H](CCCCC)CC3)cc2C#N)cc1. The highest BCUT2D eigenvalue weighted by molar-refractivity contribution is 5.91. The first-order chi connectivity index (χ1) is 20.1. The number of nitriles is 1. The first-order valence-electron chi connectivity index (χ1n) is 16.2. The van der Waals surface area contributed by atoms with Gasteiger partial charge in [-0.1, -0.05) is 96.1 Å². The molecule has 0 bridgehead atoms. The van der Waals surface area contributed by atoms with E-state index in [9.17, 15) is 10.1 Å². The van der Waals surface area contributed by atoms with Crippen molar-refractivity contribution in [3.05, 3.63) is 71.8 Å². The van der Waals surface area contributed by atoms with Gasteiger partial charge >= 0.3 is 5.97 Å². The molecule has 0 heterocycles. The molecule has 0 saturated heterocycles. The summed E-state index contributed by atoms with van der Waals surface area (Å²) in [5, 5.41) is 9.72. The van der Waals surface area contributed by atoms with E-state index in [1.54, 1.807) is 30.3 Å². The number of unbranched alkanes of at least 4 members (excludes halogenated alkanes) is 8. The maximum Gasteiger partial charge on any atom is 0.343 e. The minimum Gasteiger partial charge on any atom is -0.494 e. The van der Waals surface area contributed by atoms with Crippen molar-refractivity contribution in [2.45, 2.75) is 116 Å². The molecule has 2 aromatic rings. The summed E-state index contributed by atoms with van der Waals surface area (Å²) in [6.45, 7) is 6.71. The first-order valence-corrected chi connectivity index (χ1v) is 16.2. The molecule has 222 valence electrons. The Morgan fingerprint density at radius 1 is 0.902 bits per heavy atom. The van der Waals surface area contributed by atoms with Crippen LogP contribution in [0.25, 0.3) is 0 Å². The summed E-state index contributed by atoms with van der Waals surface area (Å²) in [6.07, 6.45) is 23.3. The molecule has 4 heteroatoms. The Morgan fingerprint density at radius 2 is 1.59 bits per heavy atom. The number of carbonyl (C=O) groups is 1. The zero-order chi connectivity index (χ0) is 29.1. The van der Waals surface area contributed by atoms with Crippen LogP contribution in [-0.4, -0.2) is 12.6 Å². The highest BCUT2D eigenvalue weighted by atomic mass is 16.5. The lowest BCUT2D eigenvalue weighted by Gasteiger charge is -2.28. The van der Waals surface area contributed by atoms with Gasteiger partial charge in [0.2, 0.25) is 0 Å². The van der Waals surface area contributed by atoms with Crippen LogP contribution in [0.1, 0.15) is 131 Å². The summed E-state index contributed by atoms with van der Waals surface area (Å²) in [7, 11) is 0. The third-order valence-electron chi connectivity index (χ3n) is 8.55. The number of ether oxygens (including phenoxy) is 2. The number of benzene rings is 2. The number of nitrogens with zero attached hydrogens (tertiary/aromatic N) is 1. The predicted octanol–water partition coefficient (Wildman–Crippen LogP) is 10.4. The average molecular weight is 558 g/mol. The van der Waals surface area contributed by atoms with Crippen molar-refractivity contribution in [1.82, 2.24) is 0 Å². The van der Waals surface area contributed by atoms with E-state index in [1.165, 1.54) is 83.5 Å². The number of hydrogen-bond donors (Lipinski definition) is 0.